The Morgan fingerprint density at radius 1 is 1.00 bits per heavy atom. The van der Waals surface area contributed by atoms with Crippen LogP contribution in [0, 0.1) is 0 Å². The van der Waals surface area contributed by atoms with Crippen LogP contribution in [0.4, 0.5) is 5.69 Å². The molecule has 8 heteroatoms. The lowest BCUT2D eigenvalue weighted by molar-refractivity contribution is 0.0793. The highest BCUT2D eigenvalue weighted by atomic mass is 35.5. The lowest BCUT2D eigenvalue weighted by Crippen LogP contribution is -2.41. The van der Waals surface area contributed by atoms with Crippen molar-refractivity contribution in [3.05, 3.63) is 73.6 Å². The molecule has 0 radical (unpaired) electrons. The van der Waals surface area contributed by atoms with Gasteiger partial charge in [0.05, 0.1) is 27.2 Å². The number of hydrogen-bond donors (Lipinski definition) is 0. The molecule has 0 bridgehead atoms. The maximum atomic E-state index is 13.4. The fraction of sp³-hybridized carbons (Fsp3) is 0.261. The summed E-state index contributed by atoms with van der Waals surface area (Å²) in [6, 6.07) is 9.82. The molecule has 6 nitrogen and oxygen atoms in total. The minimum Gasteiger partial charge on any atom is -0.449 e. The number of likely N-dealkylation sites (tertiary alicyclic amines) is 1. The summed E-state index contributed by atoms with van der Waals surface area (Å²) in [6.45, 7) is 1.62. The lowest BCUT2D eigenvalue weighted by Gasteiger charge is -2.29. The van der Waals surface area contributed by atoms with Crippen molar-refractivity contribution in [3.8, 4) is 0 Å². The third-order valence-corrected chi connectivity index (χ3v) is 6.39. The second kappa shape index (κ2) is 7.70. The van der Waals surface area contributed by atoms with Gasteiger partial charge in [-0.2, -0.15) is 0 Å². The molecule has 0 saturated carbocycles. The Morgan fingerprint density at radius 2 is 1.77 bits per heavy atom. The zero-order chi connectivity index (χ0) is 21.7. The van der Waals surface area contributed by atoms with Gasteiger partial charge in [-0.1, -0.05) is 29.3 Å². The number of anilines is 1. The summed E-state index contributed by atoms with van der Waals surface area (Å²) in [7, 11) is 0. The first kappa shape index (κ1) is 20.1. The van der Waals surface area contributed by atoms with E-state index in [-0.39, 0.29) is 34.2 Å². The van der Waals surface area contributed by atoms with Crippen LogP contribution in [0.1, 0.15) is 39.3 Å². The number of fused-ring (bicyclic) bond motifs is 2. The standard InChI is InChI=1S/C23H18Cl2N2O4/c24-13-6-7-18(16(12-13)22(29)26-9-1-2-10-26)27-11-8-15-19(28)14-4-3-5-17(25)20(14)31-21(15)23(27)30/h3-7,12H,1-2,8-11H2. The minimum atomic E-state index is -0.474. The third kappa shape index (κ3) is 3.30. The van der Waals surface area contributed by atoms with Gasteiger partial charge in [0, 0.05) is 24.7 Å². The van der Waals surface area contributed by atoms with Crippen molar-refractivity contribution in [3.63, 3.8) is 0 Å². The molecule has 0 N–H and O–H groups in total. The highest BCUT2D eigenvalue weighted by Crippen LogP contribution is 2.32. The fourth-order valence-electron chi connectivity index (χ4n) is 4.30. The van der Waals surface area contributed by atoms with Gasteiger partial charge in [0.25, 0.3) is 11.8 Å². The van der Waals surface area contributed by atoms with Gasteiger partial charge in [-0.3, -0.25) is 14.4 Å². The molecule has 1 fully saturated rings. The van der Waals surface area contributed by atoms with Crippen LogP contribution in [-0.2, 0) is 6.42 Å². The molecule has 2 amide bonds. The maximum Gasteiger partial charge on any atom is 0.294 e. The first-order valence-corrected chi connectivity index (χ1v) is 10.9. The quantitative estimate of drug-likeness (QED) is 0.567. The van der Waals surface area contributed by atoms with E-state index in [0.717, 1.165) is 12.8 Å². The molecule has 5 rings (SSSR count). The molecular weight excluding hydrogens is 439 g/mol. The van der Waals surface area contributed by atoms with Crippen molar-refractivity contribution >= 4 is 51.7 Å². The molecule has 1 aromatic heterocycles. The van der Waals surface area contributed by atoms with E-state index in [0.29, 0.717) is 46.7 Å². The van der Waals surface area contributed by atoms with Gasteiger partial charge in [0.1, 0.15) is 0 Å². The van der Waals surface area contributed by atoms with E-state index in [2.05, 4.69) is 0 Å². The molecule has 0 aliphatic carbocycles. The van der Waals surface area contributed by atoms with Crippen LogP contribution in [0.3, 0.4) is 0 Å². The number of halogens is 2. The van der Waals surface area contributed by atoms with Gasteiger partial charge in [-0.05, 0) is 49.6 Å². The Bertz CT molecular complexity index is 1290. The lowest BCUT2D eigenvalue weighted by atomic mass is 10.0. The highest BCUT2D eigenvalue weighted by Gasteiger charge is 2.34. The van der Waals surface area contributed by atoms with Crippen LogP contribution in [0.5, 0.6) is 0 Å². The maximum absolute atomic E-state index is 13.4. The number of hydrogen-bond acceptors (Lipinski definition) is 4. The molecule has 0 spiro atoms. The van der Waals surface area contributed by atoms with Crippen molar-refractivity contribution in [2.75, 3.05) is 24.5 Å². The number of carbonyl (C=O) groups excluding carboxylic acids is 2. The predicted octanol–water partition coefficient (Wildman–Crippen LogP) is 4.54. The van der Waals surface area contributed by atoms with E-state index in [1.807, 2.05) is 0 Å². The zero-order valence-electron chi connectivity index (χ0n) is 16.5. The van der Waals surface area contributed by atoms with Gasteiger partial charge in [-0.25, -0.2) is 0 Å². The molecule has 2 aromatic carbocycles. The summed E-state index contributed by atoms with van der Waals surface area (Å²) >= 11 is 12.4. The van der Waals surface area contributed by atoms with Gasteiger partial charge in [0.15, 0.2) is 16.8 Å². The predicted molar refractivity (Wildman–Crippen MR) is 119 cm³/mol. The minimum absolute atomic E-state index is 0.0358. The molecule has 0 unspecified atom stereocenters. The van der Waals surface area contributed by atoms with Gasteiger partial charge in [-0.15, -0.1) is 0 Å². The molecule has 3 aromatic rings. The molecular formula is C23H18Cl2N2O4. The second-order valence-corrected chi connectivity index (χ2v) is 8.57. The second-order valence-electron chi connectivity index (χ2n) is 7.72. The number of amides is 2. The van der Waals surface area contributed by atoms with Gasteiger partial charge in [0.2, 0.25) is 0 Å². The van der Waals surface area contributed by atoms with Crippen LogP contribution < -0.4 is 10.3 Å². The van der Waals surface area contributed by atoms with E-state index in [1.54, 1.807) is 41.3 Å². The summed E-state index contributed by atoms with van der Waals surface area (Å²) in [6.07, 6.45) is 2.22. The van der Waals surface area contributed by atoms with Crippen molar-refractivity contribution in [2.24, 2.45) is 0 Å². The molecule has 158 valence electrons. The summed E-state index contributed by atoms with van der Waals surface area (Å²) < 4.78 is 5.84. The topological polar surface area (TPSA) is 70.8 Å². The van der Waals surface area contributed by atoms with E-state index in [4.69, 9.17) is 27.6 Å². The average molecular weight is 457 g/mol. The van der Waals surface area contributed by atoms with Crippen LogP contribution in [0.15, 0.2) is 45.6 Å². The van der Waals surface area contributed by atoms with E-state index >= 15 is 0 Å². The fourth-order valence-corrected chi connectivity index (χ4v) is 4.69. The Balaban J connectivity index is 1.61. The van der Waals surface area contributed by atoms with Gasteiger partial charge < -0.3 is 14.2 Å². The van der Waals surface area contributed by atoms with Crippen LogP contribution in [0.25, 0.3) is 11.0 Å². The number of nitrogens with zero attached hydrogens (tertiary/aromatic N) is 2. The van der Waals surface area contributed by atoms with Crippen LogP contribution >= 0.6 is 23.2 Å². The largest absolute Gasteiger partial charge is 0.449 e. The Labute approximate surface area is 187 Å². The summed E-state index contributed by atoms with van der Waals surface area (Å²) in [4.78, 5) is 42.7. The first-order valence-electron chi connectivity index (χ1n) is 10.1. The summed E-state index contributed by atoms with van der Waals surface area (Å²) in [5.41, 5.74) is 1.09. The third-order valence-electron chi connectivity index (χ3n) is 5.86. The molecule has 1 saturated heterocycles. The Kier molecular flexibility index (Phi) is 4.99. The number of para-hydroxylation sites is 1. The Morgan fingerprint density at radius 3 is 2.55 bits per heavy atom. The summed E-state index contributed by atoms with van der Waals surface area (Å²) in [5, 5.41) is 1.03. The molecule has 3 heterocycles. The SMILES string of the molecule is O=C(c1cc(Cl)ccc1N1CCc2c(oc3c(Cl)cccc3c2=O)C1=O)N1CCCC1. The van der Waals surface area contributed by atoms with E-state index in [1.165, 1.54) is 4.90 Å². The average Bonchev–Trinajstić information content (AvgIpc) is 3.30. The number of rotatable bonds is 2. The monoisotopic (exact) mass is 456 g/mol. The first-order chi connectivity index (χ1) is 15.0. The Hall–Kier alpha value is -2.83. The molecule has 2 aliphatic heterocycles. The van der Waals surface area contributed by atoms with Crippen molar-refractivity contribution in [1.29, 1.82) is 0 Å². The smallest absolute Gasteiger partial charge is 0.294 e. The van der Waals surface area contributed by atoms with Crippen molar-refractivity contribution in [2.45, 2.75) is 19.3 Å². The molecule has 31 heavy (non-hydrogen) atoms. The summed E-state index contributed by atoms with van der Waals surface area (Å²) in [5.74, 6) is -0.666. The zero-order valence-corrected chi connectivity index (χ0v) is 18.0. The van der Waals surface area contributed by atoms with Crippen LogP contribution in [-0.4, -0.2) is 36.3 Å². The van der Waals surface area contributed by atoms with Crippen LogP contribution in [0.2, 0.25) is 10.0 Å². The number of carbonyl (C=O) groups is 2. The molecule has 0 atom stereocenters. The number of benzene rings is 2. The van der Waals surface area contributed by atoms with Crippen molar-refractivity contribution in [1.82, 2.24) is 4.90 Å². The van der Waals surface area contributed by atoms with Gasteiger partial charge >= 0.3 is 0 Å². The highest BCUT2D eigenvalue weighted by molar-refractivity contribution is 6.34. The normalized spacial score (nSPS) is 16.1. The van der Waals surface area contributed by atoms with E-state index in [9.17, 15) is 14.4 Å². The molecule has 2 aliphatic rings. The van der Waals surface area contributed by atoms with E-state index < -0.39 is 5.91 Å². The van der Waals surface area contributed by atoms with Crippen molar-refractivity contribution < 1.29 is 14.0 Å².